The Hall–Kier alpha value is -1.80. The molecule has 0 aliphatic rings. The van der Waals surface area contributed by atoms with Crippen LogP contribution in [-0.2, 0) is 0 Å². The number of nitrogens with one attached hydrogen (secondary N) is 1. The van der Waals surface area contributed by atoms with Crippen molar-refractivity contribution in [1.29, 1.82) is 0 Å². The van der Waals surface area contributed by atoms with Crippen molar-refractivity contribution < 1.29 is 9.63 Å². The van der Waals surface area contributed by atoms with Gasteiger partial charge in [-0.2, -0.15) is 20.4 Å². The van der Waals surface area contributed by atoms with Crippen LogP contribution in [0.4, 0.5) is 0 Å². The van der Waals surface area contributed by atoms with Crippen LogP contribution in [0.5, 0.6) is 0 Å². The Kier molecular flexibility index (Phi) is 2.44. The van der Waals surface area contributed by atoms with Crippen molar-refractivity contribution in [2.45, 2.75) is 19.1 Å². The van der Waals surface area contributed by atoms with Gasteiger partial charge in [0.15, 0.2) is 5.69 Å². The summed E-state index contributed by atoms with van der Waals surface area (Å²) in [4.78, 5) is 3.99. The van der Waals surface area contributed by atoms with E-state index >= 15 is 0 Å². The van der Waals surface area contributed by atoms with Crippen LogP contribution in [0, 0.1) is 0 Å². The van der Waals surface area contributed by atoms with Crippen molar-refractivity contribution in [2.75, 3.05) is 0 Å². The third-order valence-corrected chi connectivity index (χ3v) is 1.89. The molecule has 8 nitrogen and oxygen atoms in total. The van der Waals surface area contributed by atoms with Crippen molar-refractivity contribution in [3.05, 3.63) is 12.1 Å². The van der Waals surface area contributed by atoms with Crippen molar-refractivity contribution >= 4 is 0 Å². The van der Waals surface area contributed by atoms with E-state index in [1.165, 1.54) is 6.20 Å². The normalized spacial score (nSPS) is 15.1. The van der Waals surface area contributed by atoms with E-state index in [4.69, 9.17) is 10.3 Å². The smallest absolute Gasteiger partial charge is 0.246 e. The highest BCUT2D eigenvalue weighted by molar-refractivity contribution is 5.44. The van der Waals surface area contributed by atoms with E-state index in [2.05, 4.69) is 25.6 Å². The molecule has 80 valence electrons. The highest BCUT2D eigenvalue weighted by Gasteiger charge is 2.20. The van der Waals surface area contributed by atoms with Crippen LogP contribution in [0.3, 0.4) is 0 Å². The first-order valence-electron chi connectivity index (χ1n) is 4.32. The quantitative estimate of drug-likeness (QED) is 0.607. The van der Waals surface area contributed by atoms with E-state index in [0.717, 1.165) is 0 Å². The van der Waals surface area contributed by atoms with Gasteiger partial charge >= 0.3 is 0 Å². The minimum atomic E-state index is -0.754. The van der Waals surface area contributed by atoms with E-state index in [0.29, 0.717) is 5.69 Å². The number of aliphatic hydroxyl groups excluding tert-OH is 1. The van der Waals surface area contributed by atoms with Gasteiger partial charge in [-0.1, -0.05) is 5.16 Å². The Morgan fingerprint density at radius 3 is 3.00 bits per heavy atom. The van der Waals surface area contributed by atoms with Crippen molar-refractivity contribution in [3.63, 3.8) is 0 Å². The Balaban J connectivity index is 2.25. The van der Waals surface area contributed by atoms with E-state index in [9.17, 15) is 5.11 Å². The molecule has 0 unspecified atom stereocenters. The van der Waals surface area contributed by atoms with Gasteiger partial charge in [0.2, 0.25) is 11.7 Å². The van der Waals surface area contributed by atoms with Crippen molar-refractivity contribution in [2.24, 2.45) is 5.73 Å². The fourth-order valence-electron chi connectivity index (χ4n) is 0.990. The summed E-state index contributed by atoms with van der Waals surface area (Å²) in [6.45, 7) is 1.55. The van der Waals surface area contributed by atoms with Crippen molar-refractivity contribution in [1.82, 2.24) is 25.6 Å². The first-order valence-corrected chi connectivity index (χ1v) is 4.32. The number of nitrogens with two attached hydrogens (primary N) is 1. The van der Waals surface area contributed by atoms with Gasteiger partial charge < -0.3 is 15.4 Å². The van der Waals surface area contributed by atoms with Crippen LogP contribution < -0.4 is 5.73 Å². The SMILES string of the molecule is C[C@@H](O)[C@H](N)c1nc(-c2cn[nH]n2)no1. The predicted molar refractivity (Wildman–Crippen MR) is 48.3 cm³/mol. The summed E-state index contributed by atoms with van der Waals surface area (Å²) in [5.74, 6) is 0.456. The fourth-order valence-corrected chi connectivity index (χ4v) is 0.990. The van der Waals surface area contributed by atoms with Crippen LogP contribution >= 0.6 is 0 Å². The summed E-state index contributed by atoms with van der Waals surface area (Å²) in [5, 5.41) is 22.7. The molecule has 0 bridgehead atoms. The van der Waals surface area contributed by atoms with Gasteiger partial charge in [-0.3, -0.25) is 0 Å². The second kappa shape index (κ2) is 3.75. The van der Waals surface area contributed by atoms with E-state index in [1.807, 2.05) is 0 Å². The molecule has 0 aliphatic heterocycles. The third-order valence-electron chi connectivity index (χ3n) is 1.89. The van der Waals surface area contributed by atoms with Gasteiger partial charge in [-0.05, 0) is 6.92 Å². The molecule has 4 N–H and O–H groups in total. The zero-order chi connectivity index (χ0) is 10.8. The molecule has 15 heavy (non-hydrogen) atoms. The van der Waals surface area contributed by atoms with Crippen molar-refractivity contribution in [3.8, 4) is 11.5 Å². The molecule has 0 radical (unpaired) electrons. The number of rotatable bonds is 3. The van der Waals surface area contributed by atoms with Gasteiger partial charge in [-0.25, -0.2) is 0 Å². The first kappa shape index (κ1) is 9.74. The predicted octanol–water partition coefficient (Wildman–Crippen LogP) is -0.765. The zero-order valence-corrected chi connectivity index (χ0v) is 7.95. The number of aromatic amines is 1. The monoisotopic (exact) mass is 210 g/mol. The second-order valence-electron chi connectivity index (χ2n) is 3.08. The van der Waals surface area contributed by atoms with E-state index in [-0.39, 0.29) is 11.7 Å². The highest BCUT2D eigenvalue weighted by Crippen LogP contribution is 2.16. The standard InChI is InChI=1S/C7H10N6O2/c1-3(14)5(8)7-10-6(12-15-7)4-2-9-13-11-4/h2-3,5,14H,8H2,1H3,(H,9,11,13)/t3-,5+/m1/s1. The molecule has 2 atom stereocenters. The van der Waals surface area contributed by atoms with Gasteiger partial charge in [0, 0.05) is 0 Å². The maximum atomic E-state index is 9.23. The van der Waals surface area contributed by atoms with E-state index in [1.54, 1.807) is 6.92 Å². The van der Waals surface area contributed by atoms with Gasteiger partial charge in [0.05, 0.1) is 12.3 Å². The first-order chi connectivity index (χ1) is 7.18. The molecule has 0 amide bonds. The number of nitrogens with zero attached hydrogens (tertiary/aromatic N) is 4. The number of aromatic nitrogens is 5. The lowest BCUT2D eigenvalue weighted by molar-refractivity contribution is 0.146. The molecular weight excluding hydrogens is 200 g/mol. The molecular formula is C7H10N6O2. The van der Waals surface area contributed by atoms with Gasteiger partial charge in [0.1, 0.15) is 6.04 Å². The fraction of sp³-hybridized carbons (Fsp3) is 0.429. The van der Waals surface area contributed by atoms with Crippen LogP contribution in [0.2, 0.25) is 0 Å². The maximum absolute atomic E-state index is 9.23. The average Bonchev–Trinajstić information content (AvgIpc) is 2.86. The molecule has 0 fully saturated rings. The van der Waals surface area contributed by atoms with Crippen LogP contribution in [-0.4, -0.2) is 36.8 Å². The lowest BCUT2D eigenvalue weighted by Gasteiger charge is -2.08. The van der Waals surface area contributed by atoms with Gasteiger partial charge in [-0.15, -0.1) is 0 Å². The number of aliphatic hydroxyl groups is 1. The second-order valence-corrected chi connectivity index (χ2v) is 3.08. The minimum absolute atomic E-state index is 0.169. The minimum Gasteiger partial charge on any atom is -0.391 e. The lowest BCUT2D eigenvalue weighted by Crippen LogP contribution is -2.23. The maximum Gasteiger partial charge on any atom is 0.246 e. The topological polar surface area (TPSA) is 127 Å². The Labute approximate surface area is 84.5 Å². The Morgan fingerprint density at radius 2 is 2.40 bits per heavy atom. The number of hydrogen-bond acceptors (Lipinski definition) is 7. The number of hydrogen-bond donors (Lipinski definition) is 3. The van der Waals surface area contributed by atoms with Gasteiger partial charge in [0.25, 0.3) is 0 Å². The average molecular weight is 210 g/mol. The molecule has 2 rings (SSSR count). The summed E-state index contributed by atoms with van der Waals surface area (Å²) in [6.07, 6.45) is 0.707. The molecule has 0 aliphatic carbocycles. The summed E-state index contributed by atoms with van der Waals surface area (Å²) in [7, 11) is 0. The molecule has 0 aromatic carbocycles. The van der Waals surface area contributed by atoms with Crippen LogP contribution in [0.25, 0.3) is 11.5 Å². The third kappa shape index (κ3) is 1.85. The molecule has 0 saturated carbocycles. The van der Waals surface area contributed by atoms with E-state index < -0.39 is 12.1 Å². The number of H-pyrrole nitrogens is 1. The molecule has 2 aromatic rings. The Bertz CT molecular complexity index is 422. The molecule has 0 saturated heterocycles. The molecule has 8 heteroatoms. The molecule has 0 spiro atoms. The summed E-state index contributed by atoms with van der Waals surface area (Å²) in [6, 6.07) is -0.696. The largest absolute Gasteiger partial charge is 0.391 e. The Morgan fingerprint density at radius 1 is 1.60 bits per heavy atom. The summed E-state index contributed by atoms with van der Waals surface area (Å²) >= 11 is 0. The lowest BCUT2D eigenvalue weighted by atomic mass is 10.2. The zero-order valence-electron chi connectivity index (χ0n) is 7.95. The van der Waals surface area contributed by atoms with Crippen LogP contribution in [0.1, 0.15) is 18.9 Å². The molecule has 2 heterocycles. The van der Waals surface area contributed by atoms with Crippen LogP contribution in [0.15, 0.2) is 10.7 Å². The summed E-state index contributed by atoms with van der Waals surface area (Å²) in [5.41, 5.74) is 6.08. The highest BCUT2D eigenvalue weighted by atomic mass is 16.5. The summed E-state index contributed by atoms with van der Waals surface area (Å²) < 4.78 is 4.88. The molecule has 2 aromatic heterocycles.